The van der Waals surface area contributed by atoms with Crippen LogP contribution in [-0.2, 0) is 13.0 Å². The molecular formula is C15H17NO2. The molecule has 0 unspecified atom stereocenters. The summed E-state index contributed by atoms with van der Waals surface area (Å²) < 4.78 is 5.55. The van der Waals surface area contributed by atoms with Crippen molar-refractivity contribution in [2.75, 3.05) is 6.61 Å². The normalized spacial score (nSPS) is 10.3. The summed E-state index contributed by atoms with van der Waals surface area (Å²) in [5.74, 6) is 0.578. The Labute approximate surface area is 107 Å². The van der Waals surface area contributed by atoms with Crippen molar-refractivity contribution in [3.8, 4) is 5.88 Å². The van der Waals surface area contributed by atoms with Crippen LogP contribution in [0, 0.1) is 0 Å². The smallest absolute Gasteiger partial charge is 0.213 e. The van der Waals surface area contributed by atoms with Crippen molar-refractivity contribution in [3.05, 3.63) is 59.8 Å². The number of benzene rings is 1. The number of nitrogens with zero attached hydrogens (tertiary/aromatic N) is 1. The van der Waals surface area contributed by atoms with Crippen LogP contribution in [0.1, 0.15) is 17.7 Å². The summed E-state index contributed by atoms with van der Waals surface area (Å²) in [5.41, 5.74) is 1.95. The van der Waals surface area contributed by atoms with Crippen molar-refractivity contribution in [1.82, 2.24) is 4.98 Å². The molecule has 1 heterocycles. The van der Waals surface area contributed by atoms with Gasteiger partial charge in [0, 0.05) is 6.07 Å². The summed E-state index contributed by atoms with van der Waals surface area (Å²) >= 11 is 0. The van der Waals surface area contributed by atoms with Crippen LogP contribution in [0.4, 0.5) is 0 Å². The number of aryl methyl sites for hydroxylation is 1. The third kappa shape index (κ3) is 3.86. The molecule has 3 heteroatoms. The molecule has 2 aromatic rings. The molecule has 0 atom stereocenters. The van der Waals surface area contributed by atoms with Crippen molar-refractivity contribution in [1.29, 1.82) is 0 Å². The number of aliphatic hydroxyl groups excluding tert-OH is 1. The number of hydrogen-bond acceptors (Lipinski definition) is 3. The van der Waals surface area contributed by atoms with Crippen molar-refractivity contribution in [3.63, 3.8) is 0 Å². The van der Waals surface area contributed by atoms with E-state index in [0.717, 1.165) is 12.8 Å². The van der Waals surface area contributed by atoms with E-state index in [0.29, 0.717) is 18.2 Å². The molecule has 0 saturated heterocycles. The van der Waals surface area contributed by atoms with E-state index in [4.69, 9.17) is 9.84 Å². The van der Waals surface area contributed by atoms with Crippen molar-refractivity contribution in [2.24, 2.45) is 0 Å². The maximum absolute atomic E-state index is 8.96. The minimum atomic E-state index is -0.0543. The zero-order valence-electron chi connectivity index (χ0n) is 10.2. The van der Waals surface area contributed by atoms with Gasteiger partial charge < -0.3 is 9.84 Å². The van der Waals surface area contributed by atoms with Gasteiger partial charge in [0.15, 0.2) is 0 Å². The summed E-state index contributed by atoms with van der Waals surface area (Å²) in [6, 6.07) is 15.8. The summed E-state index contributed by atoms with van der Waals surface area (Å²) in [4.78, 5) is 4.16. The lowest BCUT2D eigenvalue weighted by Gasteiger charge is -2.06. The topological polar surface area (TPSA) is 42.4 Å². The van der Waals surface area contributed by atoms with Crippen LogP contribution in [-0.4, -0.2) is 16.7 Å². The van der Waals surface area contributed by atoms with E-state index in [1.54, 1.807) is 6.07 Å². The lowest BCUT2D eigenvalue weighted by molar-refractivity contribution is 0.267. The first-order valence-corrected chi connectivity index (χ1v) is 6.12. The highest BCUT2D eigenvalue weighted by Crippen LogP contribution is 2.09. The van der Waals surface area contributed by atoms with Gasteiger partial charge in [0.2, 0.25) is 5.88 Å². The maximum Gasteiger partial charge on any atom is 0.213 e. The Morgan fingerprint density at radius 3 is 2.61 bits per heavy atom. The molecule has 0 radical (unpaired) electrons. The van der Waals surface area contributed by atoms with Gasteiger partial charge in [-0.05, 0) is 24.5 Å². The van der Waals surface area contributed by atoms with Crippen LogP contribution in [0.15, 0.2) is 48.5 Å². The average molecular weight is 243 g/mol. The van der Waals surface area contributed by atoms with E-state index in [9.17, 15) is 0 Å². The van der Waals surface area contributed by atoms with Crippen LogP contribution in [0.2, 0.25) is 0 Å². The standard InChI is InChI=1S/C15H17NO2/c17-12-14-9-4-10-15(16-14)18-11-5-8-13-6-2-1-3-7-13/h1-4,6-7,9-10,17H,5,8,11-12H2. The molecule has 0 spiro atoms. The van der Waals surface area contributed by atoms with E-state index in [-0.39, 0.29) is 6.61 Å². The molecule has 1 N–H and O–H groups in total. The van der Waals surface area contributed by atoms with Crippen molar-refractivity contribution >= 4 is 0 Å². The first kappa shape index (κ1) is 12.6. The Kier molecular flexibility index (Phi) is 4.73. The average Bonchev–Trinajstić information content (AvgIpc) is 2.45. The van der Waals surface area contributed by atoms with Crippen LogP contribution >= 0.6 is 0 Å². The Morgan fingerprint density at radius 1 is 1.00 bits per heavy atom. The highest BCUT2D eigenvalue weighted by molar-refractivity contribution is 5.16. The monoisotopic (exact) mass is 243 g/mol. The fraction of sp³-hybridized carbons (Fsp3) is 0.267. The SMILES string of the molecule is OCc1cccc(OCCCc2ccccc2)n1. The predicted octanol–water partition coefficient (Wildman–Crippen LogP) is 2.59. The molecule has 2 rings (SSSR count). The minimum absolute atomic E-state index is 0.0543. The van der Waals surface area contributed by atoms with Gasteiger partial charge in [-0.1, -0.05) is 36.4 Å². The van der Waals surface area contributed by atoms with Gasteiger partial charge in [-0.2, -0.15) is 0 Å². The molecule has 1 aromatic carbocycles. The maximum atomic E-state index is 8.96. The summed E-state index contributed by atoms with van der Waals surface area (Å²) in [6.07, 6.45) is 1.95. The molecule has 0 aliphatic carbocycles. The molecule has 0 saturated carbocycles. The summed E-state index contributed by atoms with van der Waals surface area (Å²) in [6.45, 7) is 0.581. The third-order valence-corrected chi connectivity index (χ3v) is 2.65. The molecule has 0 aliphatic rings. The fourth-order valence-electron chi connectivity index (χ4n) is 1.72. The molecule has 0 bridgehead atoms. The zero-order valence-corrected chi connectivity index (χ0v) is 10.2. The number of hydrogen-bond donors (Lipinski definition) is 1. The van der Waals surface area contributed by atoms with Gasteiger partial charge in [-0.25, -0.2) is 4.98 Å². The van der Waals surface area contributed by atoms with Gasteiger partial charge >= 0.3 is 0 Å². The van der Waals surface area contributed by atoms with Gasteiger partial charge in [-0.3, -0.25) is 0 Å². The highest BCUT2D eigenvalue weighted by atomic mass is 16.5. The van der Waals surface area contributed by atoms with Crippen LogP contribution in [0.3, 0.4) is 0 Å². The number of aromatic nitrogens is 1. The van der Waals surface area contributed by atoms with Gasteiger partial charge in [0.05, 0.1) is 18.9 Å². The number of rotatable bonds is 6. The number of aliphatic hydroxyl groups is 1. The van der Waals surface area contributed by atoms with E-state index in [1.807, 2.05) is 30.3 Å². The highest BCUT2D eigenvalue weighted by Gasteiger charge is 1.98. The summed E-state index contributed by atoms with van der Waals surface area (Å²) in [7, 11) is 0. The predicted molar refractivity (Wildman–Crippen MR) is 70.4 cm³/mol. The van der Waals surface area contributed by atoms with E-state index >= 15 is 0 Å². The van der Waals surface area contributed by atoms with Crippen LogP contribution in [0.5, 0.6) is 5.88 Å². The van der Waals surface area contributed by atoms with E-state index < -0.39 is 0 Å². The lowest BCUT2D eigenvalue weighted by Crippen LogP contribution is -2.02. The van der Waals surface area contributed by atoms with Crippen LogP contribution < -0.4 is 4.74 Å². The Bertz CT molecular complexity index is 471. The first-order chi connectivity index (χ1) is 8.88. The van der Waals surface area contributed by atoms with Crippen molar-refractivity contribution < 1.29 is 9.84 Å². The van der Waals surface area contributed by atoms with Gasteiger partial charge in [0.25, 0.3) is 0 Å². The molecule has 1 aromatic heterocycles. The van der Waals surface area contributed by atoms with Crippen molar-refractivity contribution in [2.45, 2.75) is 19.4 Å². The fourth-order valence-corrected chi connectivity index (χ4v) is 1.72. The number of ether oxygens (including phenoxy) is 1. The largest absolute Gasteiger partial charge is 0.478 e. The quantitative estimate of drug-likeness (QED) is 0.793. The zero-order chi connectivity index (χ0) is 12.6. The molecular weight excluding hydrogens is 226 g/mol. The second-order valence-electron chi connectivity index (χ2n) is 4.06. The Hall–Kier alpha value is -1.87. The van der Waals surface area contributed by atoms with E-state index in [2.05, 4.69) is 17.1 Å². The second kappa shape index (κ2) is 6.77. The lowest BCUT2D eigenvalue weighted by atomic mass is 10.1. The van der Waals surface area contributed by atoms with Gasteiger partial charge in [0.1, 0.15) is 0 Å². The minimum Gasteiger partial charge on any atom is -0.478 e. The van der Waals surface area contributed by atoms with Gasteiger partial charge in [-0.15, -0.1) is 0 Å². The molecule has 94 valence electrons. The number of pyridine rings is 1. The molecule has 3 nitrogen and oxygen atoms in total. The Morgan fingerprint density at radius 2 is 1.83 bits per heavy atom. The molecule has 18 heavy (non-hydrogen) atoms. The molecule has 0 aliphatic heterocycles. The van der Waals surface area contributed by atoms with E-state index in [1.165, 1.54) is 5.56 Å². The Balaban J connectivity index is 1.75. The third-order valence-electron chi connectivity index (χ3n) is 2.65. The first-order valence-electron chi connectivity index (χ1n) is 6.12. The second-order valence-corrected chi connectivity index (χ2v) is 4.06. The molecule has 0 fully saturated rings. The summed E-state index contributed by atoms with van der Waals surface area (Å²) in [5, 5.41) is 8.96. The molecule has 0 amide bonds. The van der Waals surface area contributed by atoms with Crippen LogP contribution in [0.25, 0.3) is 0 Å².